The number of carbonyl (C=O) groups excluding carboxylic acids is 1. The van der Waals surface area contributed by atoms with Gasteiger partial charge in [0.1, 0.15) is 21.7 Å². The van der Waals surface area contributed by atoms with Gasteiger partial charge in [0.15, 0.2) is 5.13 Å². The van der Waals surface area contributed by atoms with Crippen molar-refractivity contribution in [1.29, 1.82) is 0 Å². The van der Waals surface area contributed by atoms with Gasteiger partial charge in [-0.25, -0.2) is 13.4 Å². The summed E-state index contributed by atoms with van der Waals surface area (Å²) in [5.41, 5.74) is 1.27. The van der Waals surface area contributed by atoms with Gasteiger partial charge in [-0.3, -0.25) is 4.79 Å². The minimum Gasteiger partial charge on any atom is -0.495 e. The summed E-state index contributed by atoms with van der Waals surface area (Å²) in [6, 6.07) is 10.1. The van der Waals surface area contributed by atoms with Gasteiger partial charge in [-0.05, 0) is 56.2 Å². The Hall–Kier alpha value is -2.89. The highest BCUT2D eigenvalue weighted by atomic mass is 32.2. The maximum Gasteiger partial charge on any atom is 0.253 e. The molecule has 11 heteroatoms. The van der Waals surface area contributed by atoms with Crippen LogP contribution >= 0.6 is 11.3 Å². The summed E-state index contributed by atoms with van der Waals surface area (Å²) in [5, 5.41) is 0.867. The zero-order valence-electron chi connectivity index (χ0n) is 21.3. The Kier molecular flexibility index (Phi) is 7.28. The summed E-state index contributed by atoms with van der Waals surface area (Å²) in [4.78, 5) is 22.2. The fraction of sp³-hybridized carbons (Fsp3) is 0.462. The SMILES string of the molecule is COc1ccc(OC)c2sc(N3CCN(C(=O)c4ccc(S(=O)(=O)N5CCCCC5C)cc4)CC3)nc12. The molecule has 37 heavy (non-hydrogen) atoms. The molecule has 198 valence electrons. The van der Waals surface area contributed by atoms with Crippen LogP contribution in [0.1, 0.15) is 36.5 Å². The number of sulfonamides is 1. The van der Waals surface area contributed by atoms with Gasteiger partial charge in [0.25, 0.3) is 5.91 Å². The van der Waals surface area contributed by atoms with E-state index < -0.39 is 10.0 Å². The Bertz CT molecular complexity index is 1340. The van der Waals surface area contributed by atoms with E-state index >= 15 is 0 Å². The number of piperidine rings is 1. The van der Waals surface area contributed by atoms with Gasteiger partial charge in [-0.1, -0.05) is 17.8 Å². The first-order valence-electron chi connectivity index (χ1n) is 12.5. The number of anilines is 1. The molecule has 0 spiro atoms. The molecule has 1 atom stereocenters. The lowest BCUT2D eigenvalue weighted by Gasteiger charge is -2.34. The number of rotatable bonds is 6. The van der Waals surface area contributed by atoms with E-state index in [2.05, 4.69) is 4.90 Å². The third-order valence-electron chi connectivity index (χ3n) is 7.19. The molecule has 0 aliphatic carbocycles. The second-order valence-corrected chi connectivity index (χ2v) is 12.3. The maximum atomic E-state index is 13.2. The van der Waals surface area contributed by atoms with E-state index in [1.165, 1.54) is 0 Å². The van der Waals surface area contributed by atoms with Gasteiger partial charge in [-0.2, -0.15) is 4.31 Å². The highest BCUT2D eigenvalue weighted by molar-refractivity contribution is 7.89. The van der Waals surface area contributed by atoms with Crippen molar-refractivity contribution < 1.29 is 22.7 Å². The number of hydrogen-bond donors (Lipinski definition) is 0. The van der Waals surface area contributed by atoms with E-state index in [1.807, 2.05) is 19.1 Å². The number of amides is 1. The monoisotopic (exact) mass is 544 g/mol. The van der Waals surface area contributed by atoms with Gasteiger partial charge < -0.3 is 19.3 Å². The van der Waals surface area contributed by atoms with Gasteiger partial charge in [0.2, 0.25) is 10.0 Å². The number of hydrogen-bond acceptors (Lipinski definition) is 8. The number of ether oxygens (including phenoxy) is 2. The van der Waals surface area contributed by atoms with Crippen molar-refractivity contribution in [2.24, 2.45) is 0 Å². The first-order chi connectivity index (χ1) is 17.8. The minimum absolute atomic E-state index is 0.00560. The molecular formula is C26H32N4O5S2. The van der Waals surface area contributed by atoms with Crippen LogP contribution in [0.3, 0.4) is 0 Å². The molecule has 5 rings (SSSR count). The summed E-state index contributed by atoms with van der Waals surface area (Å²) < 4.78 is 39.7. The molecule has 0 N–H and O–H groups in total. The molecule has 2 aromatic carbocycles. The first-order valence-corrected chi connectivity index (χ1v) is 14.8. The Morgan fingerprint density at radius 1 is 0.946 bits per heavy atom. The third-order valence-corrected chi connectivity index (χ3v) is 10.3. The van der Waals surface area contributed by atoms with Crippen LogP contribution in [0.4, 0.5) is 5.13 Å². The van der Waals surface area contributed by atoms with Gasteiger partial charge in [0, 0.05) is 44.3 Å². The largest absolute Gasteiger partial charge is 0.495 e. The normalized spacial score (nSPS) is 19.3. The molecule has 1 amide bonds. The van der Waals surface area contributed by atoms with E-state index in [-0.39, 0.29) is 16.8 Å². The maximum absolute atomic E-state index is 13.2. The predicted molar refractivity (Wildman–Crippen MR) is 144 cm³/mol. The van der Waals surface area contributed by atoms with Crippen molar-refractivity contribution in [3.8, 4) is 11.5 Å². The number of carbonyl (C=O) groups is 1. The molecular weight excluding hydrogens is 512 g/mol. The second-order valence-electron chi connectivity index (χ2n) is 9.41. The summed E-state index contributed by atoms with van der Waals surface area (Å²) in [7, 11) is -0.294. The van der Waals surface area contributed by atoms with Crippen LogP contribution in [0.2, 0.25) is 0 Å². The second kappa shape index (κ2) is 10.5. The van der Waals surface area contributed by atoms with Crippen LogP contribution in [-0.2, 0) is 10.0 Å². The Labute approximate surface area is 221 Å². The quantitative estimate of drug-likeness (QED) is 0.466. The van der Waals surface area contributed by atoms with Crippen molar-refractivity contribution in [2.45, 2.75) is 37.1 Å². The van der Waals surface area contributed by atoms with Crippen molar-refractivity contribution in [1.82, 2.24) is 14.2 Å². The number of nitrogens with zero attached hydrogens (tertiary/aromatic N) is 4. The summed E-state index contributed by atoms with van der Waals surface area (Å²) in [6.07, 6.45) is 2.80. The highest BCUT2D eigenvalue weighted by Crippen LogP contribution is 2.40. The highest BCUT2D eigenvalue weighted by Gasteiger charge is 2.31. The molecule has 2 saturated heterocycles. The number of methoxy groups -OCH3 is 2. The van der Waals surface area contributed by atoms with Crippen LogP contribution in [0, 0.1) is 0 Å². The van der Waals surface area contributed by atoms with Crippen molar-refractivity contribution >= 4 is 42.6 Å². The molecule has 9 nitrogen and oxygen atoms in total. The summed E-state index contributed by atoms with van der Waals surface area (Å²) >= 11 is 1.55. The van der Waals surface area contributed by atoms with E-state index in [0.717, 1.165) is 40.4 Å². The fourth-order valence-corrected chi connectivity index (χ4v) is 7.85. The van der Waals surface area contributed by atoms with Crippen molar-refractivity contribution in [2.75, 3.05) is 51.8 Å². The van der Waals surface area contributed by atoms with Crippen LogP contribution < -0.4 is 14.4 Å². The topological polar surface area (TPSA) is 92.3 Å². The Morgan fingerprint density at radius 3 is 2.27 bits per heavy atom. The van der Waals surface area contributed by atoms with Crippen molar-refractivity contribution in [3.63, 3.8) is 0 Å². The van der Waals surface area contributed by atoms with Gasteiger partial charge >= 0.3 is 0 Å². The zero-order valence-corrected chi connectivity index (χ0v) is 23.0. The smallest absolute Gasteiger partial charge is 0.253 e. The molecule has 0 saturated carbocycles. The molecule has 2 aliphatic rings. The Morgan fingerprint density at radius 2 is 1.62 bits per heavy atom. The van der Waals surface area contributed by atoms with E-state index in [1.54, 1.807) is 59.0 Å². The molecule has 2 fully saturated rings. The molecule has 3 aromatic rings. The molecule has 1 aromatic heterocycles. The molecule has 2 aliphatic heterocycles. The van der Waals surface area contributed by atoms with Crippen molar-refractivity contribution in [3.05, 3.63) is 42.0 Å². The summed E-state index contributed by atoms with van der Waals surface area (Å²) in [6.45, 7) is 4.89. The number of piperazine rings is 1. The van der Waals surface area contributed by atoms with Gasteiger partial charge in [0.05, 0.1) is 19.1 Å². The Balaban J connectivity index is 1.26. The third kappa shape index (κ3) is 4.87. The standard InChI is InChI=1S/C26H32N4O5S2/c1-18-6-4-5-13-30(18)37(32,33)20-9-7-19(8-10-20)25(31)28-14-16-29(17-15-28)26-27-23-21(34-2)11-12-22(35-3)24(23)36-26/h7-12,18H,4-6,13-17H2,1-3H3. The molecule has 0 bridgehead atoms. The van der Waals surface area contributed by atoms with E-state index in [9.17, 15) is 13.2 Å². The first kappa shape index (κ1) is 25.7. The lowest BCUT2D eigenvalue weighted by molar-refractivity contribution is 0.0746. The number of thiazole rings is 1. The van der Waals surface area contributed by atoms with Crippen LogP contribution in [0.5, 0.6) is 11.5 Å². The number of fused-ring (bicyclic) bond motifs is 1. The minimum atomic E-state index is -3.56. The predicted octanol–water partition coefficient (Wildman–Crippen LogP) is 3.84. The van der Waals surface area contributed by atoms with E-state index in [0.29, 0.717) is 44.0 Å². The number of aromatic nitrogens is 1. The lowest BCUT2D eigenvalue weighted by Crippen LogP contribution is -2.48. The van der Waals surface area contributed by atoms with Gasteiger partial charge in [-0.15, -0.1) is 0 Å². The van der Waals surface area contributed by atoms with Crippen LogP contribution in [0.15, 0.2) is 41.3 Å². The number of benzene rings is 2. The zero-order chi connectivity index (χ0) is 26.2. The molecule has 0 radical (unpaired) electrons. The fourth-order valence-electron chi connectivity index (χ4n) is 5.03. The average Bonchev–Trinajstić information content (AvgIpc) is 3.38. The van der Waals surface area contributed by atoms with Crippen LogP contribution in [0.25, 0.3) is 10.2 Å². The van der Waals surface area contributed by atoms with Crippen LogP contribution in [-0.4, -0.2) is 81.5 Å². The lowest BCUT2D eigenvalue weighted by atomic mass is 10.1. The average molecular weight is 545 g/mol. The summed E-state index contributed by atoms with van der Waals surface area (Å²) in [5.74, 6) is 1.36. The van der Waals surface area contributed by atoms with E-state index in [4.69, 9.17) is 14.5 Å². The molecule has 1 unspecified atom stereocenters. The molecule has 3 heterocycles.